The zero-order valence-corrected chi connectivity index (χ0v) is 11.5. The summed E-state index contributed by atoms with van der Waals surface area (Å²) in [5, 5.41) is 12.5. The number of nitriles is 1. The van der Waals surface area contributed by atoms with Crippen LogP contribution in [0.25, 0.3) is 0 Å². The maximum atomic E-state index is 8.79. The van der Waals surface area contributed by atoms with Crippen molar-refractivity contribution in [1.29, 1.82) is 5.26 Å². The van der Waals surface area contributed by atoms with Crippen molar-refractivity contribution in [2.75, 3.05) is 12.4 Å². The molecule has 0 aliphatic heterocycles. The van der Waals surface area contributed by atoms with Gasteiger partial charge < -0.3 is 10.1 Å². The Kier molecular flexibility index (Phi) is 3.94. The number of rotatable bonds is 3. The van der Waals surface area contributed by atoms with Gasteiger partial charge in [-0.15, -0.1) is 0 Å². The van der Waals surface area contributed by atoms with E-state index in [2.05, 4.69) is 11.4 Å². The van der Waals surface area contributed by atoms with Crippen molar-refractivity contribution in [3.63, 3.8) is 0 Å². The Morgan fingerprint density at radius 2 is 2.00 bits per heavy atom. The quantitative estimate of drug-likeness (QED) is 0.907. The molecule has 0 radical (unpaired) electrons. The molecule has 0 bridgehead atoms. The van der Waals surface area contributed by atoms with Crippen LogP contribution in [0.5, 0.6) is 5.75 Å². The lowest BCUT2D eigenvalue weighted by Crippen LogP contribution is -1.94. The van der Waals surface area contributed by atoms with Gasteiger partial charge in [0.15, 0.2) is 0 Å². The molecule has 96 valence electrons. The van der Waals surface area contributed by atoms with E-state index in [9.17, 15) is 0 Å². The van der Waals surface area contributed by atoms with Crippen molar-refractivity contribution in [3.05, 3.63) is 52.5 Å². The third-order valence-electron chi connectivity index (χ3n) is 2.77. The smallest absolute Gasteiger partial charge is 0.121 e. The van der Waals surface area contributed by atoms with Crippen molar-refractivity contribution in [2.45, 2.75) is 6.92 Å². The van der Waals surface area contributed by atoms with E-state index in [1.807, 2.05) is 25.1 Å². The molecule has 0 aromatic heterocycles. The van der Waals surface area contributed by atoms with Crippen LogP contribution in [0.1, 0.15) is 11.1 Å². The maximum Gasteiger partial charge on any atom is 0.121 e. The number of halogens is 1. The van der Waals surface area contributed by atoms with E-state index in [0.717, 1.165) is 22.7 Å². The van der Waals surface area contributed by atoms with Gasteiger partial charge in [-0.1, -0.05) is 11.6 Å². The van der Waals surface area contributed by atoms with Crippen LogP contribution in [0.4, 0.5) is 11.4 Å². The molecule has 0 aliphatic rings. The lowest BCUT2D eigenvalue weighted by molar-refractivity contribution is 0.412. The Bertz CT molecular complexity index is 647. The second-order valence-electron chi connectivity index (χ2n) is 4.12. The van der Waals surface area contributed by atoms with Crippen LogP contribution in [0.15, 0.2) is 36.4 Å². The van der Waals surface area contributed by atoms with E-state index in [1.165, 1.54) is 0 Å². The Balaban J connectivity index is 2.26. The number of nitrogens with zero attached hydrogens (tertiary/aromatic N) is 1. The highest BCUT2D eigenvalue weighted by atomic mass is 35.5. The summed E-state index contributed by atoms with van der Waals surface area (Å²) in [6.07, 6.45) is 0. The van der Waals surface area contributed by atoms with Gasteiger partial charge in [0.1, 0.15) is 5.75 Å². The molecule has 2 rings (SSSR count). The highest BCUT2D eigenvalue weighted by Gasteiger charge is 2.04. The fourth-order valence-corrected chi connectivity index (χ4v) is 2.03. The monoisotopic (exact) mass is 272 g/mol. The van der Waals surface area contributed by atoms with Crippen molar-refractivity contribution in [1.82, 2.24) is 0 Å². The van der Waals surface area contributed by atoms with E-state index in [1.54, 1.807) is 25.3 Å². The summed E-state index contributed by atoms with van der Waals surface area (Å²) in [5.41, 5.74) is 3.27. The highest BCUT2D eigenvalue weighted by Crippen LogP contribution is 2.28. The molecule has 3 nitrogen and oxygen atoms in total. The SMILES string of the molecule is COc1ccc(Nc2ccc(C#N)cc2Cl)cc1C. The minimum atomic E-state index is 0.521. The first-order valence-corrected chi connectivity index (χ1v) is 6.13. The topological polar surface area (TPSA) is 45.0 Å². The molecule has 0 aliphatic carbocycles. The van der Waals surface area contributed by atoms with Gasteiger partial charge in [0, 0.05) is 5.69 Å². The zero-order valence-electron chi connectivity index (χ0n) is 10.7. The normalized spacial score (nSPS) is 9.79. The molecular formula is C15H13ClN2O. The molecule has 2 aromatic rings. The molecule has 0 saturated carbocycles. The standard InChI is InChI=1S/C15H13ClN2O/c1-10-7-12(4-6-15(10)19-2)18-14-5-3-11(9-17)8-13(14)16/h3-8,18H,1-2H3. The first kappa shape index (κ1) is 13.3. The molecule has 0 unspecified atom stereocenters. The maximum absolute atomic E-state index is 8.79. The summed E-state index contributed by atoms with van der Waals surface area (Å²) >= 11 is 6.12. The van der Waals surface area contributed by atoms with Gasteiger partial charge in [-0.3, -0.25) is 0 Å². The molecule has 4 heteroatoms. The predicted octanol–water partition coefficient (Wildman–Crippen LogP) is 4.27. The van der Waals surface area contributed by atoms with Crippen LogP contribution in [0.3, 0.4) is 0 Å². The van der Waals surface area contributed by atoms with E-state index in [4.69, 9.17) is 21.6 Å². The van der Waals surface area contributed by atoms with Gasteiger partial charge in [0.25, 0.3) is 0 Å². The average Bonchev–Trinajstić information content (AvgIpc) is 2.41. The molecule has 0 amide bonds. The van der Waals surface area contributed by atoms with Crippen molar-refractivity contribution < 1.29 is 4.74 Å². The largest absolute Gasteiger partial charge is 0.496 e. The number of ether oxygens (including phenoxy) is 1. The van der Waals surface area contributed by atoms with Crippen LogP contribution < -0.4 is 10.1 Å². The van der Waals surface area contributed by atoms with Crippen molar-refractivity contribution >= 4 is 23.0 Å². The fourth-order valence-electron chi connectivity index (χ4n) is 1.80. The number of benzene rings is 2. The van der Waals surface area contributed by atoms with Crippen LogP contribution >= 0.6 is 11.6 Å². The first-order valence-electron chi connectivity index (χ1n) is 5.75. The Labute approximate surface area is 117 Å². The lowest BCUT2D eigenvalue weighted by atomic mass is 10.2. The highest BCUT2D eigenvalue weighted by molar-refractivity contribution is 6.33. The molecule has 0 fully saturated rings. The second-order valence-corrected chi connectivity index (χ2v) is 4.52. The van der Waals surface area contributed by atoms with Gasteiger partial charge in [-0.2, -0.15) is 5.26 Å². The van der Waals surface area contributed by atoms with E-state index in [-0.39, 0.29) is 0 Å². The van der Waals surface area contributed by atoms with E-state index < -0.39 is 0 Å². The van der Waals surface area contributed by atoms with Crippen LogP contribution in [-0.2, 0) is 0 Å². The Morgan fingerprint density at radius 3 is 2.58 bits per heavy atom. The molecule has 0 atom stereocenters. The Hall–Kier alpha value is -2.18. The number of hydrogen-bond donors (Lipinski definition) is 1. The third-order valence-corrected chi connectivity index (χ3v) is 3.08. The van der Waals surface area contributed by atoms with Crippen LogP contribution in [0, 0.1) is 18.3 Å². The summed E-state index contributed by atoms with van der Waals surface area (Å²) in [6.45, 7) is 1.98. The minimum absolute atomic E-state index is 0.521. The molecule has 19 heavy (non-hydrogen) atoms. The molecule has 1 N–H and O–H groups in total. The van der Waals surface area contributed by atoms with Crippen molar-refractivity contribution in [3.8, 4) is 11.8 Å². The van der Waals surface area contributed by atoms with Gasteiger partial charge >= 0.3 is 0 Å². The molecule has 0 heterocycles. The number of aryl methyl sites for hydroxylation is 1. The third kappa shape index (κ3) is 2.98. The first-order chi connectivity index (χ1) is 9.13. The van der Waals surface area contributed by atoms with Gasteiger partial charge in [0.2, 0.25) is 0 Å². The van der Waals surface area contributed by atoms with Crippen molar-refractivity contribution in [2.24, 2.45) is 0 Å². The average molecular weight is 273 g/mol. The summed E-state index contributed by atoms with van der Waals surface area (Å²) < 4.78 is 5.21. The number of hydrogen-bond acceptors (Lipinski definition) is 3. The van der Waals surface area contributed by atoms with Gasteiger partial charge in [-0.25, -0.2) is 0 Å². The fraction of sp³-hybridized carbons (Fsp3) is 0.133. The summed E-state index contributed by atoms with van der Waals surface area (Å²) in [4.78, 5) is 0. The van der Waals surface area contributed by atoms with Gasteiger partial charge in [0.05, 0.1) is 29.5 Å². The summed E-state index contributed by atoms with van der Waals surface area (Å²) in [7, 11) is 1.65. The second kappa shape index (κ2) is 5.64. The minimum Gasteiger partial charge on any atom is -0.496 e. The molecule has 2 aromatic carbocycles. The van der Waals surface area contributed by atoms with Crippen LogP contribution in [-0.4, -0.2) is 7.11 Å². The molecule has 0 spiro atoms. The predicted molar refractivity (Wildman–Crippen MR) is 77.2 cm³/mol. The zero-order chi connectivity index (χ0) is 13.8. The molecule has 0 saturated heterocycles. The van der Waals surface area contributed by atoms with Crippen LogP contribution in [0.2, 0.25) is 5.02 Å². The number of methoxy groups -OCH3 is 1. The summed E-state index contributed by atoms with van der Waals surface area (Å²) in [5.74, 6) is 0.844. The van der Waals surface area contributed by atoms with E-state index in [0.29, 0.717) is 10.6 Å². The summed E-state index contributed by atoms with van der Waals surface area (Å²) in [6, 6.07) is 13.0. The lowest BCUT2D eigenvalue weighted by Gasteiger charge is -2.11. The molecular weight excluding hydrogens is 260 g/mol. The van der Waals surface area contributed by atoms with E-state index >= 15 is 0 Å². The number of nitrogens with one attached hydrogen (secondary N) is 1. The van der Waals surface area contributed by atoms with Gasteiger partial charge in [-0.05, 0) is 48.9 Å². The Morgan fingerprint density at radius 1 is 1.21 bits per heavy atom. The number of anilines is 2.